The molecule has 4 rings (SSSR count). The third kappa shape index (κ3) is 5.43. The number of benzene rings is 2. The second kappa shape index (κ2) is 9.96. The second-order valence-electron chi connectivity index (χ2n) is 7.59. The lowest BCUT2D eigenvalue weighted by atomic mass is 10.1. The molecular formula is C25H26N4O3. The maximum absolute atomic E-state index is 12.5. The number of nitrogens with one attached hydrogen (secondary N) is 1. The Morgan fingerprint density at radius 1 is 1.09 bits per heavy atom. The molecule has 7 heteroatoms. The fraction of sp³-hybridized carbons (Fsp3) is 0.240. The summed E-state index contributed by atoms with van der Waals surface area (Å²) in [7, 11) is 0. The number of carbonyl (C=O) groups is 1. The molecule has 2 aromatic carbocycles. The molecule has 2 aromatic heterocycles. The van der Waals surface area contributed by atoms with Gasteiger partial charge in [-0.3, -0.25) is 10.1 Å². The van der Waals surface area contributed by atoms with Gasteiger partial charge in [0.15, 0.2) is 5.76 Å². The van der Waals surface area contributed by atoms with Crippen LogP contribution >= 0.6 is 0 Å². The number of anilines is 1. The average molecular weight is 431 g/mol. The van der Waals surface area contributed by atoms with Crippen LogP contribution in [0.2, 0.25) is 0 Å². The van der Waals surface area contributed by atoms with Crippen molar-refractivity contribution in [1.82, 2.24) is 14.8 Å². The maximum atomic E-state index is 12.5. The first kappa shape index (κ1) is 21.4. The molecule has 2 heterocycles. The lowest BCUT2D eigenvalue weighted by Crippen LogP contribution is -2.12. The molecule has 1 amide bonds. The Bertz CT molecular complexity index is 1180. The van der Waals surface area contributed by atoms with Crippen LogP contribution in [0.3, 0.4) is 0 Å². The van der Waals surface area contributed by atoms with Crippen molar-refractivity contribution in [3.05, 3.63) is 95.2 Å². The maximum Gasteiger partial charge on any atom is 0.293 e. The van der Waals surface area contributed by atoms with Gasteiger partial charge in [0.2, 0.25) is 5.95 Å². The third-order valence-electron chi connectivity index (χ3n) is 5.08. The Kier molecular flexibility index (Phi) is 6.65. The van der Waals surface area contributed by atoms with E-state index in [0.717, 1.165) is 24.2 Å². The van der Waals surface area contributed by atoms with Crippen LogP contribution in [0, 0.1) is 6.92 Å². The fourth-order valence-corrected chi connectivity index (χ4v) is 3.33. The molecule has 0 unspecified atom stereocenters. The standard InChI is InChI=1S/C25H26N4O3/c1-3-6-19-9-11-21(12-10-19)31-16-22-13-14-23(32-22)24(30)27-25-26-17-29(28-25)15-20-8-5-4-7-18(20)2/h4-5,7-14,17H,3,6,15-16H2,1-2H3,(H,27,28,30). The highest BCUT2D eigenvalue weighted by Crippen LogP contribution is 2.17. The van der Waals surface area contributed by atoms with Crippen LogP contribution < -0.4 is 10.1 Å². The third-order valence-corrected chi connectivity index (χ3v) is 5.08. The van der Waals surface area contributed by atoms with E-state index < -0.39 is 5.91 Å². The van der Waals surface area contributed by atoms with Crippen molar-refractivity contribution in [2.24, 2.45) is 0 Å². The van der Waals surface area contributed by atoms with E-state index in [4.69, 9.17) is 9.15 Å². The van der Waals surface area contributed by atoms with Gasteiger partial charge in [-0.1, -0.05) is 49.7 Å². The molecule has 1 N–H and O–H groups in total. The van der Waals surface area contributed by atoms with Gasteiger partial charge in [0.1, 0.15) is 24.4 Å². The lowest BCUT2D eigenvalue weighted by molar-refractivity contribution is 0.0991. The summed E-state index contributed by atoms with van der Waals surface area (Å²) in [6.45, 7) is 5.03. The molecule has 0 aliphatic heterocycles. The van der Waals surface area contributed by atoms with Gasteiger partial charge < -0.3 is 9.15 Å². The highest BCUT2D eigenvalue weighted by Gasteiger charge is 2.14. The number of ether oxygens (including phenoxy) is 1. The second-order valence-corrected chi connectivity index (χ2v) is 7.59. The van der Waals surface area contributed by atoms with E-state index in [1.54, 1.807) is 23.1 Å². The summed E-state index contributed by atoms with van der Waals surface area (Å²) in [5.74, 6) is 1.32. The van der Waals surface area contributed by atoms with Gasteiger partial charge in [-0.05, 0) is 54.3 Å². The molecule has 32 heavy (non-hydrogen) atoms. The van der Waals surface area contributed by atoms with Crippen LogP contribution in [-0.2, 0) is 19.6 Å². The summed E-state index contributed by atoms with van der Waals surface area (Å²) < 4.78 is 13.1. The van der Waals surface area contributed by atoms with Crippen molar-refractivity contribution in [2.45, 2.75) is 39.8 Å². The number of hydrogen-bond acceptors (Lipinski definition) is 5. The van der Waals surface area contributed by atoms with Crippen LogP contribution in [0.4, 0.5) is 5.95 Å². The molecule has 164 valence electrons. The summed E-state index contributed by atoms with van der Waals surface area (Å²) in [5, 5.41) is 6.99. The number of hydrogen-bond donors (Lipinski definition) is 1. The van der Waals surface area contributed by atoms with E-state index in [2.05, 4.69) is 47.4 Å². The lowest BCUT2D eigenvalue weighted by Gasteiger charge is -2.05. The van der Waals surface area contributed by atoms with Crippen LogP contribution in [-0.4, -0.2) is 20.7 Å². The predicted molar refractivity (Wildman–Crippen MR) is 122 cm³/mol. The number of nitrogens with zero attached hydrogens (tertiary/aromatic N) is 3. The minimum absolute atomic E-state index is 0.178. The molecule has 0 aliphatic carbocycles. The van der Waals surface area contributed by atoms with Crippen LogP contribution in [0.1, 0.15) is 46.3 Å². The molecule has 4 aromatic rings. The van der Waals surface area contributed by atoms with Crippen molar-refractivity contribution in [3.63, 3.8) is 0 Å². The molecule has 0 aliphatic rings. The molecule has 0 fully saturated rings. The SMILES string of the molecule is CCCc1ccc(OCc2ccc(C(=O)Nc3ncn(Cc4ccccc4C)n3)o2)cc1. The first-order valence-corrected chi connectivity index (χ1v) is 10.7. The largest absolute Gasteiger partial charge is 0.486 e. The molecule has 0 saturated carbocycles. The van der Waals surface area contributed by atoms with Gasteiger partial charge in [0.25, 0.3) is 5.91 Å². The highest BCUT2D eigenvalue weighted by molar-refractivity contribution is 6.01. The van der Waals surface area contributed by atoms with E-state index in [1.165, 1.54) is 11.1 Å². The van der Waals surface area contributed by atoms with Crippen LogP contribution in [0.5, 0.6) is 5.75 Å². The first-order valence-electron chi connectivity index (χ1n) is 10.7. The Morgan fingerprint density at radius 3 is 2.69 bits per heavy atom. The zero-order valence-electron chi connectivity index (χ0n) is 18.2. The molecule has 0 atom stereocenters. The number of furan rings is 1. The van der Waals surface area contributed by atoms with Gasteiger partial charge in [-0.15, -0.1) is 5.10 Å². The van der Waals surface area contributed by atoms with E-state index >= 15 is 0 Å². The molecule has 0 bridgehead atoms. The van der Waals surface area contributed by atoms with Crippen molar-refractivity contribution >= 4 is 11.9 Å². The van der Waals surface area contributed by atoms with Gasteiger partial charge in [0.05, 0.1) is 6.54 Å². The molecular weight excluding hydrogens is 404 g/mol. The quantitative estimate of drug-likeness (QED) is 0.404. The van der Waals surface area contributed by atoms with Gasteiger partial charge in [-0.2, -0.15) is 0 Å². The molecule has 7 nitrogen and oxygen atoms in total. The van der Waals surface area contributed by atoms with Crippen molar-refractivity contribution in [2.75, 3.05) is 5.32 Å². The highest BCUT2D eigenvalue weighted by atomic mass is 16.5. The molecule has 0 radical (unpaired) electrons. The Morgan fingerprint density at radius 2 is 1.91 bits per heavy atom. The monoisotopic (exact) mass is 430 g/mol. The predicted octanol–water partition coefficient (Wildman–Crippen LogP) is 5.01. The Labute approximate surface area is 187 Å². The van der Waals surface area contributed by atoms with Gasteiger partial charge in [0, 0.05) is 0 Å². The van der Waals surface area contributed by atoms with E-state index in [0.29, 0.717) is 12.3 Å². The summed E-state index contributed by atoms with van der Waals surface area (Å²) in [6.07, 6.45) is 3.76. The zero-order chi connectivity index (χ0) is 22.3. The number of carbonyl (C=O) groups excluding carboxylic acids is 1. The minimum atomic E-state index is -0.409. The van der Waals surface area contributed by atoms with Crippen LogP contribution in [0.15, 0.2) is 71.4 Å². The number of aryl methyl sites for hydroxylation is 2. The van der Waals surface area contributed by atoms with E-state index in [-0.39, 0.29) is 18.3 Å². The van der Waals surface area contributed by atoms with Crippen LogP contribution in [0.25, 0.3) is 0 Å². The zero-order valence-corrected chi connectivity index (χ0v) is 18.2. The molecule has 0 saturated heterocycles. The van der Waals surface area contributed by atoms with E-state index in [9.17, 15) is 4.79 Å². The van der Waals surface area contributed by atoms with Gasteiger partial charge >= 0.3 is 0 Å². The summed E-state index contributed by atoms with van der Waals surface area (Å²) >= 11 is 0. The average Bonchev–Trinajstić information content (AvgIpc) is 3.45. The van der Waals surface area contributed by atoms with Crippen molar-refractivity contribution < 1.29 is 13.9 Å². The van der Waals surface area contributed by atoms with Crippen molar-refractivity contribution in [3.8, 4) is 5.75 Å². The molecule has 0 spiro atoms. The minimum Gasteiger partial charge on any atom is -0.486 e. The van der Waals surface area contributed by atoms with Gasteiger partial charge in [-0.25, -0.2) is 9.67 Å². The summed E-state index contributed by atoms with van der Waals surface area (Å²) in [6, 6.07) is 19.4. The number of rotatable bonds is 9. The summed E-state index contributed by atoms with van der Waals surface area (Å²) in [5.41, 5.74) is 3.61. The Hall–Kier alpha value is -3.87. The number of aromatic nitrogens is 3. The Balaban J connectivity index is 1.31. The topological polar surface area (TPSA) is 82.2 Å². The summed E-state index contributed by atoms with van der Waals surface area (Å²) in [4.78, 5) is 16.7. The normalized spacial score (nSPS) is 10.8. The first-order chi connectivity index (χ1) is 15.6. The van der Waals surface area contributed by atoms with E-state index in [1.807, 2.05) is 30.3 Å². The fourth-order valence-electron chi connectivity index (χ4n) is 3.33. The smallest absolute Gasteiger partial charge is 0.293 e. The van der Waals surface area contributed by atoms with Crippen molar-refractivity contribution in [1.29, 1.82) is 0 Å². The number of amides is 1.